The second kappa shape index (κ2) is 6.88. The van der Waals surface area contributed by atoms with Gasteiger partial charge in [0.15, 0.2) is 5.12 Å². The highest BCUT2D eigenvalue weighted by Crippen LogP contribution is 2.31. The minimum Gasteiger partial charge on any atom is -0.288 e. The number of hydrogen-bond donors (Lipinski definition) is 0. The third-order valence-corrected chi connectivity index (χ3v) is 3.19. The van der Waals surface area contributed by atoms with Gasteiger partial charge in [0, 0.05) is 24.7 Å². The van der Waals surface area contributed by atoms with Crippen LogP contribution in [0.25, 0.3) is 0 Å². The van der Waals surface area contributed by atoms with Gasteiger partial charge in [-0.15, -0.1) is 0 Å². The molecule has 0 saturated heterocycles. The quantitative estimate of drug-likeness (QED) is 0.596. The summed E-state index contributed by atoms with van der Waals surface area (Å²) in [5, 5.41) is 0.165. The topological polar surface area (TPSA) is 17.1 Å². The maximum Gasteiger partial charge on any atom is 0.416 e. The van der Waals surface area contributed by atoms with Crippen LogP contribution in [-0.2, 0) is 11.0 Å². The summed E-state index contributed by atoms with van der Waals surface area (Å²) in [5.41, 5.74) is -0.636. The Morgan fingerprint density at radius 2 is 2.11 bits per heavy atom. The number of rotatable bonds is 2. The van der Waals surface area contributed by atoms with Gasteiger partial charge in [-0.3, -0.25) is 4.79 Å². The predicted molar refractivity (Wildman–Crippen MR) is 71.1 cm³/mol. The van der Waals surface area contributed by atoms with Crippen molar-refractivity contribution in [1.82, 2.24) is 0 Å². The zero-order chi connectivity index (χ0) is 14.5. The minimum atomic E-state index is -4.41. The summed E-state index contributed by atoms with van der Waals surface area (Å²) in [6, 6.07) is 3.02. The van der Waals surface area contributed by atoms with Crippen molar-refractivity contribution in [1.29, 1.82) is 0 Å². The first-order valence-corrected chi connectivity index (χ1v) is 6.66. The molecule has 0 heterocycles. The zero-order valence-corrected chi connectivity index (χ0v) is 11.5. The second-order valence-electron chi connectivity index (χ2n) is 3.58. The molecule has 0 bridgehead atoms. The van der Waals surface area contributed by atoms with E-state index in [4.69, 9.17) is 11.6 Å². The lowest BCUT2D eigenvalue weighted by atomic mass is 10.1. The van der Waals surface area contributed by atoms with E-state index in [0.717, 1.165) is 23.9 Å². The Balaban J connectivity index is 2.78. The molecule has 1 nitrogen and oxygen atoms in total. The first-order chi connectivity index (χ1) is 8.80. The van der Waals surface area contributed by atoms with Crippen molar-refractivity contribution < 1.29 is 18.0 Å². The molecule has 0 aliphatic heterocycles. The standard InChI is InChI=1S/C13H10ClF3OS/c1-9(18)19-7-3-2-4-10-8-11(13(15,16)17)5-6-12(10)14/h5-6,8H,3,7H2,1H3. The molecule has 0 atom stereocenters. The van der Waals surface area contributed by atoms with Crippen LogP contribution in [0, 0.1) is 11.8 Å². The largest absolute Gasteiger partial charge is 0.416 e. The lowest BCUT2D eigenvalue weighted by Gasteiger charge is -2.07. The fourth-order valence-electron chi connectivity index (χ4n) is 1.20. The molecule has 0 amide bonds. The SMILES string of the molecule is CC(=O)SCCC#Cc1cc(C(F)(F)F)ccc1Cl. The lowest BCUT2D eigenvalue weighted by molar-refractivity contribution is -0.137. The monoisotopic (exact) mass is 306 g/mol. The van der Waals surface area contributed by atoms with Crippen LogP contribution >= 0.6 is 23.4 Å². The molecule has 6 heteroatoms. The van der Waals surface area contributed by atoms with Crippen molar-refractivity contribution in [3.05, 3.63) is 34.3 Å². The molecule has 0 spiro atoms. The van der Waals surface area contributed by atoms with Crippen molar-refractivity contribution in [3.8, 4) is 11.8 Å². The number of alkyl halides is 3. The summed E-state index contributed by atoms with van der Waals surface area (Å²) in [4.78, 5) is 10.7. The van der Waals surface area contributed by atoms with Crippen LogP contribution in [0.2, 0.25) is 5.02 Å². The summed E-state index contributed by atoms with van der Waals surface area (Å²) in [6.45, 7) is 1.45. The van der Waals surface area contributed by atoms with Gasteiger partial charge in [-0.1, -0.05) is 35.2 Å². The Morgan fingerprint density at radius 1 is 1.42 bits per heavy atom. The summed E-state index contributed by atoms with van der Waals surface area (Å²) >= 11 is 6.90. The first kappa shape index (κ1) is 15.9. The van der Waals surface area contributed by atoms with E-state index in [1.54, 1.807) is 0 Å². The third kappa shape index (κ3) is 5.58. The Morgan fingerprint density at radius 3 is 2.68 bits per heavy atom. The smallest absolute Gasteiger partial charge is 0.288 e. The van der Waals surface area contributed by atoms with Crippen LogP contribution < -0.4 is 0 Å². The van der Waals surface area contributed by atoms with Gasteiger partial charge in [-0.05, 0) is 18.2 Å². The fraction of sp³-hybridized carbons (Fsp3) is 0.308. The van der Waals surface area contributed by atoms with Crippen LogP contribution in [0.1, 0.15) is 24.5 Å². The van der Waals surface area contributed by atoms with E-state index in [1.165, 1.54) is 13.0 Å². The maximum absolute atomic E-state index is 12.5. The molecule has 1 rings (SSSR count). The molecule has 0 radical (unpaired) electrons. The molecular formula is C13H10ClF3OS. The van der Waals surface area contributed by atoms with Gasteiger partial charge in [-0.2, -0.15) is 13.2 Å². The van der Waals surface area contributed by atoms with Gasteiger partial charge < -0.3 is 0 Å². The third-order valence-electron chi connectivity index (χ3n) is 2.05. The van der Waals surface area contributed by atoms with Crippen LogP contribution in [0.5, 0.6) is 0 Å². The summed E-state index contributed by atoms with van der Waals surface area (Å²) < 4.78 is 37.5. The summed E-state index contributed by atoms with van der Waals surface area (Å²) in [7, 11) is 0. The molecule has 0 fully saturated rings. The van der Waals surface area contributed by atoms with Gasteiger partial charge in [0.25, 0.3) is 0 Å². The van der Waals surface area contributed by atoms with Gasteiger partial charge in [0.2, 0.25) is 0 Å². The summed E-state index contributed by atoms with van der Waals surface area (Å²) in [5.74, 6) is 5.81. The van der Waals surface area contributed by atoms with Crippen molar-refractivity contribution in [2.24, 2.45) is 0 Å². The highest BCUT2D eigenvalue weighted by molar-refractivity contribution is 8.13. The van der Waals surface area contributed by atoms with Crippen LogP contribution in [0.15, 0.2) is 18.2 Å². The maximum atomic E-state index is 12.5. The van der Waals surface area contributed by atoms with E-state index in [2.05, 4.69) is 11.8 Å². The Labute approximate surface area is 118 Å². The molecule has 102 valence electrons. The summed E-state index contributed by atoms with van der Waals surface area (Å²) in [6.07, 6.45) is -4.00. The number of carbonyl (C=O) groups is 1. The van der Waals surface area contributed by atoms with E-state index < -0.39 is 11.7 Å². The zero-order valence-electron chi connectivity index (χ0n) is 9.97. The number of carbonyl (C=O) groups excluding carboxylic acids is 1. The molecule has 0 saturated carbocycles. The van der Waals surface area contributed by atoms with Crippen LogP contribution in [-0.4, -0.2) is 10.9 Å². The molecule has 0 aromatic heterocycles. The molecule has 19 heavy (non-hydrogen) atoms. The molecule has 0 unspecified atom stereocenters. The van der Waals surface area contributed by atoms with Gasteiger partial charge >= 0.3 is 6.18 Å². The Hall–Kier alpha value is -1.12. The molecular weight excluding hydrogens is 297 g/mol. The normalized spacial score (nSPS) is 10.8. The van der Waals surface area contributed by atoms with Gasteiger partial charge in [0.1, 0.15) is 0 Å². The number of halogens is 4. The van der Waals surface area contributed by atoms with Crippen molar-refractivity contribution in [3.63, 3.8) is 0 Å². The highest BCUT2D eigenvalue weighted by Gasteiger charge is 2.30. The fourth-order valence-corrected chi connectivity index (χ4v) is 1.86. The van der Waals surface area contributed by atoms with E-state index in [1.807, 2.05) is 0 Å². The second-order valence-corrected chi connectivity index (χ2v) is 5.26. The molecule has 0 aliphatic rings. The van der Waals surface area contributed by atoms with E-state index in [0.29, 0.717) is 12.2 Å². The highest BCUT2D eigenvalue weighted by atomic mass is 35.5. The molecule has 0 N–H and O–H groups in total. The van der Waals surface area contributed by atoms with E-state index >= 15 is 0 Å². The average Bonchev–Trinajstić information content (AvgIpc) is 2.29. The molecule has 1 aromatic rings. The number of thioether (sulfide) groups is 1. The van der Waals surface area contributed by atoms with Gasteiger partial charge in [0.05, 0.1) is 10.6 Å². The van der Waals surface area contributed by atoms with Crippen LogP contribution in [0.3, 0.4) is 0 Å². The molecule has 0 aliphatic carbocycles. The molecule has 1 aromatic carbocycles. The lowest BCUT2D eigenvalue weighted by Crippen LogP contribution is -2.04. The van der Waals surface area contributed by atoms with Gasteiger partial charge in [-0.25, -0.2) is 0 Å². The van der Waals surface area contributed by atoms with E-state index in [9.17, 15) is 18.0 Å². The van der Waals surface area contributed by atoms with Crippen molar-refractivity contribution >= 4 is 28.5 Å². The van der Waals surface area contributed by atoms with Crippen molar-refractivity contribution in [2.75, 3.05) is 5.75 Å². The Kier molecular flexibility index (Phi) is 5.77. The van der Waals surface area contributed by atoms with Crippen LogP contribution in [0.4, 0.5) is 13.2 Å². The number of hydrogen-bond acceptors (Lipinski definition) is 2. The average molecular weight is 307 g/mol. The predicted octanol–water partition coefficient (Wildman–Crippen LogP) is 4.38. The number of benzene rings is 1. The van der Waals surface area contributed by atoms with Crippen molar-refractivity contribution in [2.45, 2.75) is 19.5 Å². The minimum absolute atomic E-state index is 0.0149. The first-order valence-electron chi connectivity index (χ1n) is 5.29. The van der Waals surface area contributed by atoms with E-state index in [-0.39, 0.29) is 15.7 Å². The Bertz CT molecular complexity index is 529.